The van der Waals surface area contributed by atoms with Gasteiger partial charge in [-0.15, -0.1) is 0 Å². The number of hydrogen-bond donors (Lipinski definition) is 1. The van der Waals surface area contributed by atoms with Gasteiger partial charge in [0.25, 0.3) is 5.91 Å². The van der Waals surface area contributed by atoms with Gasteiger partial charge in [0.15, 0.2) is 0 Å². The number of pyridine rings is 1. The number of carbonyl (C=O) groups is 2. The highest BCUT2D eigenvalue weighted by molar-refractivity contribution is 9.10. The highest BCUT2D eigenvalue weighted by Crippen LogP contribution is 2.23. The Balaban J connectivity index is 1.95. The predicted octanol–water partition coefficient (Wildman–Crippen LogP) is 3.85. The van der Waals surface area contributed by atoms with E-state index in [1.807, 2.05) is 13.0 Å². The standard InChI is InChI=1S/C20H20BrN3O4/c1-3-27-15-7-5-6-13(10-15)20(26)23-19-16(11-18(25)28-4-2)22-17-9-8-14(21)12-24(17)19/h5-10,12H,3-4,11H2,1-2H3,(H,23,26). The molecule has 0 radical (unpaired) electrons. The molecular formula is C20H20BrN3O4. The van der Waals surface area contributed by atoms with Crippen LogP contribution in [-0.4, -0.2) is 34.5 Å². The molecule has 0 aliphatic heterocycles. The van der Waals surface area contributed by atoms with Crippen LogP contribution in [0, 0.1) is 0 Å². The SMILES string of the molecule is CCOC(=O)Cc1nc2ccc(Br)cn2c1NC(=O)c1cccc(OCC)c1. The first-order valence-corrected chi connectivity index (χ1v) is 9.67. The van der Waals surface area contributed by atoms with Crippen molar-refractivity contribution in [1.82, 2.24) is 9.38 Å². The Morgan fingerprint density at radius 1 is 1.18 bits per heavy atom. The van der Waals surface area contributed by atoms with Gasteiger partial charge in [0.05, 0.1) is 25.3 Å². The van der Waals surface area contributed by atoms with E-state index in [1.54, 1.807) is 47.9 Å². The van der Waals surface area contributed by atoms with Crippen molar-refractivity contribution < 1.29 is 19.1 Å². The summed E-state index contributed by atoms with van der Waals surface area (Å²) >= 11 is 3.42. The summed E-state index contributed by atoms with van der Waals surface area (Å²) in [5, 5.41) is 2.87. The lowest BCUT2D eigenvalue weighted by Gasteiger charge is -2.09. The minimum absolute atomic E-state index is 0.0399. The van der Waals surface area contributed by atoms with E-state index in [4.69, 9.17) is 9.47 Å². The van der Waals surface area contributed by atoms with Crippen molar-refractivity contribution in [3.63, 3.8) is 0 Å². The summed E-state index contributed by atoms with van der Waals surface area (Å²) in [6.45, 7) is 4.41. The van der Waals surface area contributed by atoms with Gasteiger partial charge in [-0.2, -0.15) is 0 Å². The van der Waals surface area contributed by atoms with Crippen molar-refractivity contribution in [2.75, 3.05) is 18.5 Å². The molecule has 3 rings (SSSR count). The second-order valence-corrected chi connectivity index (χ2v) is 6.80. The van der Waals surface area contributed by atoms with Crippen molar-refractivity contribution in [3.05, 3.63) is 58.3 Å². The maximum Gasteiger partial charge on any atom is 0.312 e. The lowest BCUT2D eigenvalue weighted by Crippen LogP contribution is -2.16. The number of esters is 1. The smallest absolute Gasteiger partial charge is 0.312 e. The van der Waals surface area contributed by atoms with Gasteiger partial charge in [0, 0.05) is 16.2 Å². The van der Waals surface area contributed by atoms with E-state index in [1.165, 1.54) is 0 Å². The van der Waals surface area contributed by atoms with E-state index in [0.717, 1.165) is 4.47 Å². The molecule has 0 unspecified atom stereocenters. The molecule has 0 saturated carbocycles. The first-order chi connectivity index (χ1) is 13.5. The summed E-state index contributed by atoms with van der Waals surface area (Å²) in [5.74, 6) is 0.311. The summed E-state index contributed by atoms with van der Waals surface area (Å²) in [6.07, 6.45) is 1.74. The van der Waals surface area contributed by atoms with Gasteiger partial charge in [-0.25, -0.2) is 4.98 Å². The number of ether oxygens (including phenoxy) is 2. The number of nitrogens with zero attached hydrogens (tertiary/aromatic N) is 2. The predicted molar refractivity (Wildman–Crippen MR) is 109 cm³/mol. The summed E-state index contributed by atoms with van der Waals surface area (Å²) < 4.78 is 13.0. The van der Waals surface area contributed by atoms with Crippen LogP contribution >= 0.6 is 15.9 Å². The zero-order valence-electron chi connectivity index (χ0n) is 15.6. The van der Waals surface area contributed by atoms with Gasteiger partial charge in [-0.3, -0.25) is 14.0 Å². The zero-order chi connectivity index (χ0) is 20.1. The number of anilines is 1. The van der Waals surface area contributed by atoms with Crippen LogP contribution in [-0.2, 0) is 16.0 Å². The molecule has 0 aliphatic carbocycles. The average molecular weight is 446 g/mol. The molecule has 1 amide bonds. The van der Waals surface area contributed by atoms with Gasteiger partial charge in [-0.1, -0.05) is 6.07 Å². The molecule has 0 saturated heterocycles. The molecule has 0 aliphatic rings. The van der Waals surface area contributed by atoms with Gasteiger partial charge in [0.2, 0.25) is 0 Å². The van der Waals surface area contributed by atoms with Gasteiger partial charge in [0.1, 0.15) is 17.2 Å². The normalized spacial score (nSPS) is 10.7. The molecule has 0 atom stereocenters. The number of imidazole rings is 1. The molecule has 3 aromatic rings. The molecule has 2 aromatic heterocycles. The number of carbonyl (C=O) groups excluding carboxylic acids is 2. The van der Waals surface area contributed by atoms with Crippen LogP contribution < -0.4 is 10.1 Å². The van der Waals surface area contributed by atoms with Crippen LogP contribution in [0.2, 0.25) is 0 Å². The average Bonchev–Trinajstić information content (AvgIpc) is 2.99. The Labute approximate surface area is 170 Å². The Morgan fingerprint density at radius 3 is 2.75 bits per heavy atom. The molecule has 1 N–H and O–H groups in total. The number of hydrogen-bond acceptors (Lipinski definition) is 5. The van der Waals surface area contributed by atoms with Crippen molar-refractivity contribution in [2.24, 2.45) is 0 Å². The number of benzene rings is 1. The van der Waals surface area contributed by atoms with Gasteiger partial charge in [-0.05, 0) is 60.1 Å². The largest absolute Gasteiger partial charge is 0.494 e. The third-order valence-corrected chi connectivity index (χ3v) is 4.38. The minimum Gasteiger partial charge on any atom is -0.494 e. The molecule has 1 aromatic carbocycles. The van der Waals surface area contributed by atoms with Crippen LogP contribution in [0.15, 0.2) is 47.1 Å². The fourth-order valence-corrected chi connectivity index (χ4v) is 3.08. The number of fused-ring (bicyclic) bond motifs is 1. The van der Waals surface area contributed by atoms with Crippen molar-refractivity contribution in [2.45, 2.75) is 20.3 Å². The van der Waals surface area contributed by atoms with E-state index in [0.29, 0.717) is 35.1 Å². The topological polar surface area (TPSA) is 81.9 Å². The molecule has 146 valence electrons. The number of halogens is 1. The first kappa shape index (κ1) is 19.9. The third kappa shape index (κ3) is 4.51. The zero-order valence-corrected chi connectivity index (χ0v) is 17.2. The fourth-order valence-electron chi connectivity index (χ4n) is 2.75. The van der Waals surface area contributed by atoms with Crippen LogP contribution in [0.25, 0.3) is 5.65 Å². The second kappa shape index (κ2) is 8.88. The summed E-state index contributed by atoms with van der Waals surface area (Å²) in [4.78, 5) is 29.3. The summed E-state index contributed by atoms with van der Waals surface area (Å²) in [7, 11) is 0. The first-order valence-electron chi connectivity index (χ1n) is 8.88. The number of amides is 1. The van der Waals surface area contributed by atoms with Crippen molar-refractivity contribution in [1.29, 1.82) is 0 Å². The quantitative estimate of drug-likeness (QED) is 0.558. The summed E-state index contributed by atoms with van der Waals surface area (Å²) in [5.41, 5.74) is 1.49. The molecule has 0 spiro atoms. The molecule has 0 fully saturated rings. The van der Waals surface area contributed by atoms with E-state index >= 15 is 0 Å². The van der Waals surface area contributed by atoms with Gasteiger partial charge >= 0.3 is 5.97 Å². The molecular weight excluding hydrogens is 426 g/mol. The van der Waals surface area contributed by atoms with E-state index in [-0.39, 0.29) is 18.9 Å². The fraction of sp³-hybridized carbons (Fsp3) is 0.250. The summed E-state index contributed by atoms with van der Waals surface area (Å²) in [6, 6.07) is 10.5. The molecule has 28 heavy (non-hydrogen) atoms. The Hall–Kier alpha value is -2.87. The lowest BCUT2D eigenvalue weighted by atomic mass is 10.2. The second-order valence-electron chi connectivity index (χ2n) is 5.88. The van der Waals surface area contributed by atoms with Crippen LogP contribution in [0.1, 0.15) is 29.9 Å². The maximum absolute atomic E-state index is 12.8. The number of nitrogens with one attached hydrogen (secondary N) is 1. The van der Waals surface area contributed by atoms with Crippen LogP contribution in [0.5, 0.6) is 5.75 Å². The van der Waals surface area contributed by atoms with Crippen LogP contribution in [0.4, 0.5) is 5.82 Å². The monoisotopic (exact) mass is 445 g/mol. The minimum atomic E-state index is -0.404. The Bertz CT molecular complexity index is 1020. The highest BCUT2D eigenvalue weighted by atomic mass is 79.9. The van der Waals surface area contributed by atoms with Crippen molar-refractivity contribution >= 4 is 39.3 Å². The molecule has 8 heteroatoms. The number of rotatable bonds is 7. The highest BCUT2D eigenvalue weighted by Gasteiger charge is 2.19. The van der Waals surface area contributed by atoms with Crippen molar-refractivity contribution in [3.8, 4) is 5.75 Å². The van der Waals surface area contributed by atoms with Crippen LogP contribution in [0.3, 0.4) is 0 Å². The third-order valence-electron chi connectivity index (χ3n) is 3.91. The van der Waals surface area contributed by atoms with E-state index in [9.17, 15) is 9.59 Å². The van der Waals surface area contributed by atoms with E-state index in [2.05, 4.69) is 26.2 Å². The maximum atomic E-state index is 12.8. The molecule has 7 nitrogen and oxygen atoms in total. The lowest BCUT2D eigenvalue weighted by molar-refractivity contribution is -0.142. The molecule has 2 heterocycles. The Kier molecular flexibility index (Phi) is 6.30. The van der Waals surface area contributed by atoms with Gasteiger partial charge < -0.3 is 14.8 Å². The molecule has 0 bridgehead atoms. The number of aromatic nitrogens is 2. The Morgan fingerprint density at radius 2 is 2.00 bits per heavy atom. The van der Waals surface area contributed by atoms with E-state index < -0.39 is 5.97 Å².